The van der Waals surface area contributed by atoms with Crippen LogP contribution in [-0.2, 0) is 4.79 Å². The van der Waals surface area contributed by atoms with Gasteiger partial charge in [-0.25, -0.2) is 4.68 Å². The van der Waals surface area contributed by atoms with Gasteiger partial charge < -0.3 is 10.1 Å². The highest BCUT2D eigenvalue weighted by molar-refractivity contribution is 8.00. The Hall–Kier alpha value is -2.73. The summed E-state index contributed by atoms with van der Waals surface area (Å²) in [6, 6.07) is 16.2. The maximum atomic E-state index is 12.5. The van der Waals surface area contributed by atoms with Gasteiger partial charge in [-0.2, -0.15) is 5.10 Å². The van der Waals surface area contributed by atoms with E-state index < -0.39 is 0 Å². The van der Waals surface area contributed by atoms with Gasteiger partial charge in [0.15, 0.2) is 0 Å². The fourth-order valence-electron chi connectivity index (χ4n) is 3.56. The number of aryl methyl sites for hydroxylation is 2. The van der Waals surface area contributed by atoms with E-state index in [0.717, 1.165) is 34.1 Å². The van der Waals surface area contributed by atoms with Gasteiger partial charge in [-0.05, 0) is 45.9 Å². The zero-order valence-corrected chi connectivity index (χ0v) is 17.9. The van der Waals surface area contributed by atoms with E-state index in [9.17, 15) is 4.79 Å². The van der Waals surface area contributed by atoms with E-state index in [1.807, 2.05) is 55.8 Å². The molecule has 0 saturated heterocycles. The summed E-state index contributed by atoms with van der Waals surface area (Å²) in [4.78, 5) is 12.5. The molecular weight excluding hydrogens is 382 g/mol. The second kappa shape index (κ2) is 7.95. The second-order valence-corrected chi connectivity index (χ2v) is 8.63. The molecule has 1 aliphatic heterocycles. The van der Waals surface area contributed by atoms with E-state index in [1.54, 1.807) is 11.8 Å². The normalized spacial score (nSPS) is 16.3. The lowest BCUT2D eigenvalue weighted by molar-refractivity contribution is -0.113. The fourth-order valence-corrected chi connectivity index (χ4v) is 4.77. The smallest absolute Gasteiger partial charge is 0.235 e. The SMILES string of the molecule is Cc1ccc(-n2nc(C)c3c2NC(=O)CS[C@H]3c2ccccc2OC(C)C)cc1. The summed E-state index contributed by atoms with van der Waals surface area (Å²) in [6.45, 7) is 8.10. The number of anilines is 1. The van der Waals surface area contributed by atoms with Crippen molar-refractivity contribution in [2.24, 2.45) is 0 Å². The molecule has 4 rings (SSSR count). The van der Waals surface area contributed by atoms with Crippen LogP contribution in [0.1, 0.15) is 41.5 Å². The molecule has 1 amide bonds. The summed E-state index contributed by atoms with van der Waals surface area (Å²) in [5.74, 6) is 1.95. The molecule has 1 aromatic heterocycles. The number of ether oxygens (including phenoxy) is 1. The third-order valence-corrected chi connectivity index (χ3v) is 6.10. The Bertz CT molecular complexity index is 1040. The number of amides is 1. The molecule has 0 saturated carbocycles. The van der Waals surface area contributed by atoms with Gasteiger partial charge in [0, 0.05) is 11.1 Å². The van der Waals surface area contributed by atoms with Crippen LogP contribution in [0.5, 0.6) is 5.75 Å². The van der Waals surface area contributed by atoms with Crippen LogP contribution in [0.25, 0.3) is 5.69 Å². The van der Waals surface area contributed by atoms with E-state index in [1.165, 1.54) is 5.56 Å². The number of carbonyl (C=O) groups excluding carboxylic acids is 1. The lowest BCUT2D eigenvalue weighted by Gasteiger charge is -2.20. The van der Waals surface area contributed by atoms with Crippen molar-refractivity contribution in [3.63, 3.8) is 0 Å². The molecule has 2 aromatic carbocycles. The van der Waals surface area contributed by atoms with Crippen LogP contribution in [0.4, 0.5) is 5.82 Å². The topological polar surface area (TPSA) is 56.2 Å². The van der Waals surface area contributed by atoms with Crippen molar-refractivity contribution in [2.75, 3.05) is 11.1 Å². The molecule has 5 nitrogen and oxygen atoms in total. The van der Waals surface area contributed by atoms with Crippen LogP contribution in [0.3, 0.4) is 0 Å². The number of para-hydroxylation sites is 1. The summed E-state index contributed by atoms with van der Waals surface area (Å²) in [5.41, 5.74) is 5.11. The fraction of sp³-hybridized carbons (Fsp3) is 0.304. The minimum absolute atomic E-state index is 0.0192. The van der Waals surface area contributed by atoms with Gasteiger partial charge in [0.25, 0.3) is 0 Å². The molecule has 1 N–H and O–H groups in total. The Morgan fingerprint density at radius 3 is 2.59 bits per heavy atom. The van der Waals surface area contributed by atoms with Gasteiger partial charge in [-0.3, -0.25) is 4.79 Å². The number of thioether (sulfide) groups is 1. The maximum absolute atomic E-state index is 12.5. The van der Waals surface area contributed by atoms with Gasteiger partial charge >= 0.3 is 0 Å². The molecule has 0 aliphatic carbocycles. The summed E-state index contributed by atoms with van der Waals surface area (Å²) < 4.78 is 7.92. The largest absolute Gasteiger partial charge is 0.491 e. The Labute approximate surface area is 175 Å². The highest BCUT2D eigenvalue weighted by Crippen LogP contribution is 2.46. The first kappa shape index (κ1) is 19.6. The van der Waals surface area contributed by atoms with E-state index in [2.05, 4.69) is 30.4 Å². The molecular formula is C23H25N3O2S. The van der Waals surface area contributed by atoms with Crippen molar-refractivity contribution in [3.05, 3.63) is 70.9 Å². The quantitative estimate of drug-likeness (QED) is 0.657. The summed E-state index contributed by atoms with van der Waals surface area (Å²) in [6.07, 6.45) is 0.0718. The number of aromatic nitrogens is 2. The summed E-state index contributed by atoms with van der Waals surface area (Å²) in [7, 11) is 0. The van der Waals surface area contributed by atoms with E-state index >= 15 is 0 Å². The number of benzene rings is 2. The lowest BCUT2D eigenvalue weighted by atomic mass is 10.0. The van der Waals surface area contributed by atoms with Crippen LogP contribution in [0.15, 0.2) is 48.5 Å². The van der Waals surface area contributed by atoms with E-state index in [4.69, 9.17) is 9.84 Å². The standard InChI is InChI=1S/C23H25N3O2S/c1-14(2)28-19-8-6-5-7-18(19)22-21-16(4)25-26(17-11-9-15(3)10-12-17)23(21)24-20(27)13-29-22/h5-12,14,22H,13H2,1-4H3,(H,24,27)/t22-/m0/s1. The van der Waals surface area contributed by atoms with Crippen LogP contribution in [0, 0.1) is 13.8 Å². The molecule has 0 radical (unpaired) electrons. The number of rotatable bonds is 4. The number of hydrogen-bond donors (Lipinski definition) is 1. The molecule has 150 valence electrons. The summed E-state index contributed by atoms with van der Waals surface area (Å²) >= 11 is 1.61. The number of hydrogen-bond acceptors (Lipinski definition) is 4. The van der Waals surface area contributed by atoms with Gasteiger partial charge in [0.2, 0.25) is 5.91 Å². The molecule has 0 bridgehead atoms. The van der Waals surface area contributed by atoms with Crippen molar-refractivity contribution >= 4 is 23.5 Å². The van der Waals surface area contributed by atoms with Gasteiger partial charge in [-0.15, -0.1) is 11.8 Å². The van der Waals surface area contributed by atoms with Gasteiger partial charge in [-0.1, -0.05) is 35.9 Å². The third-order valence-electron chi connectivity index (χ3n) is 4.85. The van der Waals surface area contributed by atoms with Crippen molar-refractivity contribution < 1.29 is 9.53 Å². The molecule has 0 spiro atoms. The zero-order chi connectivity index (χ0) is 20.5. The van der Waals surface area contributed by atoms with Gasteiger partial charge in [0.05, 0.1) is 28.5 Å². The average Bonchev–Trinajstić information content (AvgIpc) is 2.89. The molecule has 0 unspecified atom stereocenters. The molecule has 0 fully saturated rings. The minimum atomic E-state index is -0.0434. The Morgan fingerprint density at radius 1 is 1.14 bits per heavy atom. The Morgan fingerprint density at radius 2 is 1.86 bits per heavy atom. The first-order valence-corrected chi connectivity index (χ1v) is 10.8. The second-order valence-electron chi connectivity index (χ2n) is 7.54. The Balaban J connectivity index is 1.87. The number of carbonyl (C=O) groups is 1. The van der Waals surface area contributed by atoms with Crippen molar-refractivity contribution in [3.8, 4) is 11.4 Å². The zero-order valence-electron chi connectivity index (χ0n) is 17.1. The summed E-state index contributed by atoms with van der Waals surface area (Å²) in [5, 5.41) is 7.82. The number of nitrogens with one attached hydrogen (secondary N) is 1. The molecule has 2 heterocycles. The number of fused-ring (bicyclic) bond motifs is 1. The molecule has 1 atom stereocenters. The molecule has 1 aliphatic rings. The predicted octanol–water partition coefficient (Wildman–Crippen LogP) is 5.05. The minimum Gasteiger partial charge on any atom is -0.491 e. The predicted molar refractivity (Wildman–Crippen MR) is 118 cm³/mol. The first-order valence-electron chi connectivity index (χ1n) is 9.77. The van der Waals surface area contributed by atoms with Crippen LogP contribution < -0.4 is 10.1 Å². The third kappa shape index (κ3) is 3.90. The van der Waals surface area contributed by atoms with Crippen molar-refractivity contribution in [1.29, 1.82) is 0 Å². The first-order chi connectivity index (χ1) is 13.9. The Kier molecular flexibility index (Phi) is 5.37. The highest BCUT2D eigenvalue weighted by atomic mass is 32.2. The van der Waals surface area contributed by atoms with Crippen molar-refractivity contribution in [1.82, 2.24) is 9.78 Å². The maximum Gasteiger partial charge on any atom is 0.235 e. The van der Waals surface area contributed by atoms with E-state index in [0.29, 0.717) is 5.75 Å². The van der Waals surface area contributed by atoms with Crippen LogP contribution in [-0.4, -0.2) is 27.5 Å². The lowest BCUT2D eigenvalue weighted by Crippen LogP contribution is -2.15. The van der Waals surface area contributed by atoms with Crippen molar-refractivity contribution in [2.45, 2.75) is 39.0 Å². The van der Waals surface area contributed by atoms with Crippen LogP contribution in [0.2, 0.25) is 0 Å². The average molecular weight is 408 g/mol. The van der Waals surface area contributed by atoms with E-state index in [-0.39, 0.29) is 17.3 Å². The monoisotopic (exact) mass is 407 g/mol. The number of nitrogens with zero attached hydrogens (tertiary/aromatic N) is 2. The highest BCUT2D eigenvalue weighted by Gasteiger charge is 2.32. The van der Waals surface area contributed by atoms with Gasteiger partial charge in [0.1, 0.15) is 11.6 Å². The molecule has 29 heavy (non-hydrogen) atoms. The molecule has 3 aromatic rings. The molecule has 6 heteroatoms. The van der Waals surface area contributed by atoms with Crippen LogP contribution >= 0.6 is 11.8 Å².